The lowest BCUT2D eigenvalue weighted by Crippen LogP contribution is -2.39. The molecule has 6 nitrogen and oxygen atoms in total. The van der Waals surface area contributed by atoms with E-state index in [0.717, 1.165) is 39.7 Å². The highest BCUT2D eigenvalue weighted by Crippen LogP contribution is 2.29. The standard InChI is InChI=1S/C20H23FN2O4S/c1-14-10-16-11-15(4-9-19(16)27-14)12-22(2)20(24)13-23(3)28(25,26)18-7-5-17(21)6-8-18/h4-9,11,14H,10,12-13H2,1-3H3/t14-/m0/s1. The minimum absolute atomic E-state index is 0.0559. The highest BCUT2D eigenvalue weighted by atomic mass is 32.2. The lowest BCUT2D eigenvalue weighted by molar-refractivity contribution is -0.130. The van der Waals surface area contributed by atoms with E-state index in [1.165, 1.54) is 24.1 Å². The molecule has 0 aliphatic carbocycles. The number of likely N-dealkylation sites (N-methyl/N-ethyl adjacent to an activating group) is 2. The van der Waals surface area contributed by atoms with E-state index >= 15 is 0 Å². The number of halogens is 1. The number of carbonyl (C=O) groups excluding carboxylic acids is 1. The zero-order valence-electron chi connectivity index (χ0n) is 16.1. The first-order valence-corrected chi connectivity index (χ1v) is 10.3. The van der Waals surface area contributed by atoms with Gasteiger partial charge in [-0.15, -0.1) is 0 Å². The maximum absolute atomic E-state index is 13.0. The molecule has 1 aliphatic heterocycles. The van der Waals surface area contributed by atoms with E-state index in [-0.39, 0.29) is 23.5 Å². The third-order valence-corrected chi connectivity index (χ3v) is 6.50. The Hall–Kier alpha value is -2.45. The molecule has 0 unspecified atom stereocenters. The maximum atomic E-state index is 13.0. The lowest BCUT2D eigenvalue weighted by Gasteiger charge is -2.22. The largest absolute Gasteiger partial charge is 0.490 e. The molecule has 2 aromatic carbocycles. The van der Waals surface area contributed by atoms with Gasteiger partial charge < -0.3 is 9.64 Å². The topological polar surface area (TPSA) is 66.9 Å². The van der Waals surface area contributed by atoms with Crippen molar-refractivity contribution in [3.05, 3.63) is 59.4 Å². The van der Waals surface area contributed by atoms with Crippen molar-refractivity contribution < 1.29 is 22.3 Å². The van der Waals surface area contributed by atoms with Crippen molar-refractivity contribution in [1.29, 1.82) is 0 Å². The van der Waals surface area contributed by atoms with Crippen LogP contribution in [0.2, 0.25) is 0 Å². The van der Waals surface area contributed by atoms with Crippen molar-refractivity contribution in [3.8, 4) is 5.75 Å². The summed E-state index contributed by atoms with van der Waals surface area (Å²) in [5.41, 5.74) is 2.07. The van der Waals surface area contributed by atoms with Gasteiger partial charge in [0.1, 0.15) is 17.7 Å². The van der Waals surface area contributed by atoms with Crippen LogP contribution in [0.1, 0.15) is 18.1 Å². The Morgan fingerprint density at radius 1 is 1.18 bits per heavy atom. The summed E-state index contributed by atoms with van der Waals surface area (Å²) in [6, 6.07) is 10.3. The SMILES string of the molecule is C[C@H]1Cc2cc(CN(C)C(=O)CN(C)S(=O)(=O)c3ccc(F)cc3)ccc2O1. The number of hydrogen-bond donors (Lipinski definition) is 0. The molecule has 0 radical (unpaired) electrons. The van der Waals surface area contributed by atoms with Gasteiger partial charge in [0.2, 0.25) is 15.9 Å². The van der Waals surface area contributed by atoms with Crippen molar-refractivity contribution in [2.24, 2.45) is 0 Å². The van der Waals surface area contributed by atoms with Gasteiger partial charge in [0.25, 0.3) is 0 Å². The molecule has 150 valence electrons. The highest BCUT2D eigenvalue weighted by molar-refractivity contribution is 7.89. The van der Waals surface area contributed by atoms with Crippen LogP contribution < -0.4 is 4.74 Å². The van der Waals surface area contributed by atoms with E-state index in [1.54, 1.807) is 7.05 Å². The molecular formula is C20H23FN2O4S. The average Bonchev–Trinajstić information content (AvgIpc) is 3.01. The van der Waals surface area contributed by atoms with Crippen molar-refractivity contribution in [1.82, 2.24) is 9.21 Å². The third kappa shape index (κ3) is 4.34. The summed E-state index contributed by atoms with van der Waals surface area (Å²) in [6.45, 7) is 2.07. The van der Waals surface area contributed by atoms with Crippen LogP contribution in [0, 0.1) is 5.82 Å². The maximum Gasteiger partial charge on any atom is 0.243 e. The molecule has 8 heteroatoms. The lowest BCUT2D eigenvalue weighted by atomic mass is 10.1. The van der Waals surface area contributed by atoms with Crippen molar-refractivity contribution in [3.63, 3.8) is 0 Å². The summed E-state index contributed by atoms with van der Waals surface area (Å²) in [7, 11) is -0.905. The number of amides is 1. The number of nitrogens with zero attached hydrogens (tertiary/aromatic N) is 2. The van der Waals surface area contributed by atoms with E-state index in [0.29, 0.717) is 6.54 Å². The van der Waals surface area contributed by atoms with Gasteiger partial charge in [-0.1, -0.05) is 12.1 Å². The summed E-state index contributed by atoms with van der Waals surface area (Å²) >= 11 is 0. The number of sulfonamides is 1. The van der Waals surface area contributed by atoms with Crippen LogP contribution in [0.15, 0.2) is 47.4 Å². The molecule has 0 aromatic heterocycles. The molecule has 0 saturated carbocycles. The summed E-state index contributed by atoms with van der Waals surface area (Å²) in [5.74, 6) is 0.0141. The van der Waals surface area contributed by atoms with Gasteiger partial charge >= 0.3 is 0 Å². The molecule has 0 bridgehead atoms. The molecule has 3 rings (SSSR count). The monoisotopic (exact) mass is 406 g/mol. The van der Waals surface area contributed by atoms with E-state index < -0.39 is 15.8 Å². The molecule has 1 amide bonds. The van der Waals surface area contributed by atoms with Crippen LogP contribution in [0.3, 0.4) is 0 Å². The minimum Gasteiger partial charge on any atom is -0.490 e. The molecule has 0 spiro atoms. The summed E-state index contributed by atoms with van der Waals surface area (Å²) in [4.78, 5) is 13.9. The number of ether oxygens (including phenoxy) is 1. The Kier molecular flexibility index (Phi) is 5.71. The molecule has 1 aliphatic rings. The van der Waals surface area contributed by atoms with Gasteiger partial charge in [0, 0.05) is 27.1 Å². The molecule has 0 saturated heterocycles. The van der Waals surface area contributed by atoms with Gasteiger partial charge in [-0.2, -0.15) is 4.31 Å². The predicted molar refractivity (Wildman–Crippen MR) is 103 cm³/mol. The van der Waals surface area contributed by atoms with Gasteiger partial charge in [-0.25, -0.2) is 12.8 Å². The first-order chi connectivity index (χ1) is 13.2. The second-order valence-electron chi connectivity index (χ2n) is 7.04. The fourth-order valence-electron chi connectivity index (χ4n) is 3.12. The normalized spacial score (nSPS) is 16.0. The number of rotatable bonds is 6. The minimum atomic E-state index is -3.87. The third-order valence-electron chi connectivity index (χ3n) is 4.69. The van der Waals surface area contributed by atoms with Gasteiger partial charge in [0.15, 0.2) is 0 Å². The molecule has 28 heavy (non-hydrogen) atoms. The summed E-state index contributed by atoms with van der Waals surface area (Å²) < 4.78 is 44.7. The zero-order valence-corrected chi connectivity index (χ0v) is 16.9. The van der Waals surface area contributed by atoms with E-state index in [4.69, 9.17) is 4.74 Å². The zero-order chi connectivity index (χ0) is 20.5. The van der Waals surface area contributed by atoms with Crippen LogP contribution in [0.25, 0.3) is 0 Å². The molecule has 0 fully saturated rings. The highest BCUT2D eigenvalue weighted by Gasteiger charge is 2.25. The van der Waals surface area contributed by atoms with E-state index in [1.807, 2.05) is 25.1 Å². The van der Waals surface area contributed by atoms with Crippen molar-refractivity contribution in [2.75, 3.05) is 20.6 Å². The number of hydrogen-bond acceptors (Lipinski definition) is 4. The second kappa shape index (κ2) is 7.89. The fraction of sp³-hybridized carbons (Fsp3) is 0.350. The van der Waals surface area contributed by atoms with Crippen LogP contribution in [0.5, 0.6) is 5.75 Å². The molecule has 2 aromatic rings. The van der Waals surface area contributed by atoms with Crippen molar-refractivity contribution >= 4 is 15.9 Å². The van der Waals surface area contributed by atoms with Crippen LogP contribution >= 0.6 is 0 Å². The van der Waals surface area contributed by atoms with Crippen LogP contribution in [-0.4, -0.2) is 50.3 Å². The number of carbonyl (C=O) groups is 1. The first kappa shape index (κ1) is 20.3. The van der Waals surface area contributed by atoms with E-state index in [9.17, 15) is 17.6 Å². The fourth-order valence-corrected chi connectivity index (χ4v) is 4.24. The Bertz CT molecular complexity index is 976. The Morgan fingerprint density at radius 2 is 1.86 bits per heavy atom. The quantitative estimate of drug-likeness (QED) is 0.739. The van der Waals surface area contributed by atoms with Gasteiger partial charge in [0.05, 0.1) is 11.4 Å². The van der Waals surface area contributed by atoms with Crippen molar-refractivity contribution in [2.45, 2.75) is 30.9 Å². The smallest absolute Gasteiger partial charge is 0.243 e. The molecule has 1 heterocycles. The average molecular weight is 406 g/mol. The summed E-state index contributed by atoms with van der Waals surface area (Å²) in [5, 5.41) is 0. The second-order valence-corrected chi connectivity index (χ2v) is 9.08. The molecule has 1 atom stereocenters. The first-order valence-electron chi connectivity index (χ1n) is 8.91. The van der Waals surface area contributed by atoms with Crippen LogP contribution in [0.4, 0.5) is 4.39 Å². The van der Waals surface area contributed by atoms with Gasteiger partial charge in [-0.05, 0) is 48.4 Å². The molecular weight excluding hydrogens is 383 g/mol. The van der Waals surface area contributed by atoms with E-state index in [2.05, 4.69) is 0 Å². The Balaban J connectivity index is 1.64. The van der Waals surface area contributed by atoms with Gasteiger partial charge in [-0.3, -0.25) is 4.79 Å². The predicted octanol–water partition coefficient (Wildman–Crippen LogP) is 2.43. The number of benzene rings is 2. The number of fused-ring (bicyclic) bond motifs is 1. The Morgan fingerprint density at radius 3 is 2.54 bits per heavy atom. The summed E-state index contributed by atoms with van der Waals surface area (Å²) in [6.07, 6.45) is 0.981. The van der Waals surface area contributed by atoms with Crippen LogP contribution in [-0.2, 0) is 27.8 Å². The Labute approximate surface area is 164 Å². The molecule has 0 N–H and O–H groups in total.